The Bertz CT molecular complexity index is 1260. The Morgan fingerprint density at radius 2 is 1.79 bits per heavy atom. The number of nitrogens with zero attached hydrogens (tertiary/aromatic N) is 3. The number of pyridine rings is 1. The molecule has 5 rings (SSSR count). The van der Waals surface area contributed by atoms with E-state index in [-0.39, 0.29) is 11.8 Å². The molecule has 1 saturated heterocycles. The molecule has 0 spiro atoms. The van der Waals surface area contributed by atoms with Gasteiger partial charge in [-0.15, -0.1) is 0 Å². The Labute approximate surface area is 192 Å². The van der Waals surface area contributed by atoms with Crippen molar-refractivity contribution in [3.8, 4) is 11.1 Å². The Hall–Kier alpha value is -3.58. The van der Waals surface area contributed by atoms with Crippen LogP contribution in [0.3, 0.4) is 0 Å². The third kappa shape index (κ3) is 4.12. The molecular weight excluding hydrogens is 418 g/mol. The van der Waals surface area contributed by atoms with Gasteiger partial charge in [-0.3, -0.25) is 14.4 Å². The van der Waals surface area contributed by atoms with Crippen LogP contribution >= 0.6 is 0 Å². The van der Waals surface area contributed by atoms with Crippen molar-refractivity contribution < 1.29 is 19.1 Å². The van der Waals surface area contributed by atoms with Crippen molar-refractivity contribution in [1.29, 1.82) is 0 Å². The molecule has 1 fully saturated rings. The largest absolute Gasteiger partial charge is 0.378 e. The van der Waals surface area contributed by atoms with Crippen LogP contribution < -0.4 is 0 Å². The zero-order valence-corrected chi connectivity index (χ0v) is 18.5. The number of hydrogen-bond acceptors (Lipinski definition) is 5. The molecule has 3 aromatic rings. The third-order valence-corrected chi connectivity index (χ3v) is 6.47. The second-order valence-electron chi connectivity index (χ2n) is 8.52. The van der Waals surface area contributed by atoms with Crippen LogP contribution in [-0.2, 0) is 22.5 Å². The number of fused-ring (bicyclic) bond motifs is 2. The zero-order chi connectivity index (χ0) is 22.9. The molecule has 2 aliphatic heterocycles. The van der Waals surface area contributed by atoms with Crippen molar-refractivity contribution in [1.82, 2.24) is 14.8 Å². The van der Waals surface area contributed by atoms with Gasteiger partial charge in [-0.05, 0) is 59.0 Å². The molecule has 0 unspecified atom stereocenters. The molecule has 33 heavy (non-hydrogen) atoms. The van der Waals surface area contributed by atoms with E-state index in [0.29, 0.717) is 49.6 Å². The maximum absolute atomic E-state index is 13.1. The van der Waals surface area contributed by atoms with Crippen LogP contribution in [0.2, 0.25) is 0 Å². The van der Waals surface area contributed by atoms with Gasteiger partial charge in [-0.25, -0.2) is 4.98 Å². The highest BCUT2D eigenvalue weighted by atomic mass is 16.5. The third-order valence-electron chi connectivity index (χ3n) is 6.47. The summed E-state index contributed by atoms with van der Waals surface area (Å²) in [5.74, 6) is 0.0306. The molecule has 7 heteroatoms. The summed E-state index contributed by atoms with van der Waals surface area (Å²) in [4.78, 5) is 44.6. The molecule has 2 amide bonds. The van der Waals surface area contributed by atoms with Crippen LogP contribution in [0.15, 0.2) is 42.5 Å². The molecule has 168 valence electrons. The van der Waals surface area contributed by atoms with E-state index in [1.54, 1.807) is 30.0 Å². The number of aromatic nitrogens is 1. The molecule has 0 saturated carbocycles. The second kappa shape index (κ2) is 8.75. The number of aldehydes is 1. The van der Waals surface area contributed by atoms with Crippen molar-refractivity contribution in [3.63, 3.8) is 0 Å². The number of carbonyl (C=O) groups excluding carboxylic acids is 3. The lowest BCUT2D eigenvalue weighted by molar-refractivity contribution is -0.129. The van der Waals surface area contributed by atoms with Crippen LogP contribution in [0.25, 0.3) is 22.0 Å². The van der Waals surface area contributed by atoms with Gasteiger partial charge < -0.3 is 14.5 Å². The fourth-order valence-electron chi connectivity index (χ4n) is 4.62. The molecule has 0 atom stereocenters. The van der Waals surface area contributed by atoms with E-state index >= 15 is 0 Å². The van der Waals surface area contributed by atoms with Crippen molar-refractivity contribution >= 4 is 29.0 Å². The first-order valence-electron chi connectivity index (χ1n) is 11.2. The van der Waals surface area contributed by atoms with E-state index in [0.717, 1.165) is 41.3 Å². The highest BCUT2D eigenvalue weighted by molar-refractivity contribution is 6.03. The van der Waals surface area contributed by atoms with Gasteiger partial charge in [0.2, 0.25) is 5.91 Å². The number of benzene rings is 2. The number of morpholine rings is 1. The van der Waals surface area contributed by atoms with Crippen molar-refractivity contribution in [2.24, 2.45) is 0 Å². The second-order valence-corrected chi connectivity index (χ2v) is 8.52. The summed E-state index contributed by atoms with van der Waals surface area (Å²) in [6.07, 6.45) is 1.57. The summed E-state index contributed by atoms with van der Waals surface area (Å²) in [6, 6.07) is 13.4. The smallest absolute Gasteiger partial charge is 0.254 e. The minimum atomic E-state index is -0.0341. The Kier molecular flexibility index (Phi) is 5.64. The molecule has 1 aromatic heterocycles. The van der Waals surface area contributed by atoms with Crippen LogP contribution in [0.5, 0.6) is 0 Å². The van der Waals surface area contributed by atoms with Crippen molar-refractivity contribution in [3.05, 3.63) is 64.8 Å². The number of hydrogen-bond donors (Lipinski definition) is 0. The van der Waals surface area contributed by atoms with Crippen molar-refractivity contribution in [2.75, 3.05) is 32.8 Å². The average Bonchev–Trinajstić information content (AvgIpc) is 2.87. The molecule has 0 bridgehead atoms. The standard InChI is InChI=1S/C26H25N3O4/c1-17(31)29-7-6-18-2-3-19(12-21(18)15-29)23-14-22(16-30)27-25-5-4-20(13-24(23)25)26(32)28-8-10-33-11-9-28/h2-5,12-14,16H,6-11,15H2,1H3. The van der Waals surface area contributed by atoms with Gasteiger partial charge in [0, 0.05) is 44.1 Å². The van der Waals surface area contributed by atoms with Gasteiger partial charge in [-0.2, -0.15) is 0 Å². The summed E-state index contributed by atoms with van der Waals surface area (Å²) < 4.78 is 5.36. The lowest BCUT2D eigenvalue weighted by Gasteiger charge is -2.28. The summed E-state index contributed by atoms with van der Waals surface area (Å²) >= 11 is 0. The van der Waals surface area contributed by atoms with E-state index in [9.17, 15) is 14.4 Å². The molecule has 7 nitrogen and oxygen atoms in total. The number of ether oxygens (including phenoxy) is 1. The zero-order valence-electron chi connectivity index (χ0n) is 18.5. The van der Waals surface area contributed by atoms with Gasteiger partial charge in [0.15, 0.2) is 6.29 Å². The molecule has 3 heterocycles. The first kappa shape index (κ1) is 21.3. The average molecular weight is 444 g/mol. The molecule has 0 N–H and O–H groups in total. The van der Waals surface area contributed by atoms with Crippen LogP contribution in [0.4, 0.5) is 0 Å². The lowest BCUT2D eigenvalue weighted by Crippen LogP contribution is -2.40. The summed E-state index contributed by atoms with van der Waals surface area (Å²) in [6.45, 7) is 5.12. The fourth-order valence-corrected chi connectivity index (χ4v) is 4.62. The van der Waals surface area contributed by atoms with E-state index in [1.807, 2.05) is 17.0 Å². The molecule has 0 aliphatic carbocycles. The summed E-state index contributed by atoms with van der Waals surface area (Å²) in [7, 11) is 0. The van der Waals surface area contributed by atoms with Gasteiger partial charge in [-0.1, -0.05) is 12.1 Å². The van der Waals surface area contributed by atoms with E-state index < -0.39 is 0 Å². The quantitative estimate of drug-likeness (QED) is 0.581. The topological polar surface area (TPSA) is 79.8 Å². The highest BCUT2D eigenvalue weighted by Gasteiger charge is 2.21. The monoisotopic (exact) mass is 443 g/mol. The van der Waals surface area contributed by atoms with Crippen LogP contribution in [0.1, 0.15) is 38.9 Å². The maximum atomic E-state index is 13.1. The summed E-state index contributed by atoms with van der Waals surface area (Å²) in [5.41, 5.74) is 5.71. The normalized spacial score (nSPS) is 15.9. The lowest BCUT2D eigenvalue weighted by atomic mass is 9.92. The van der Waals surface area contributed by atoms with Crippen molar-refractivity contribution in [2.45, 2.75) is 19.9 Å². The van der Waals surface area contributed by atoms with E-state index in [2.05, 4.69) is 17.1 Å². The predicted molar refractivity (Wildman–Crippen MR) is 124 cm³/mol. The number of rotatable bonds is 3. The van der Waals surface area contributed by atoms with Gasteiger partial charge >= 0.3 is 0 Å². The van der Waals surface area contributed by atoms with Gasteiger partial charge in [0.1, 0.15) is 5.69 Å². The maximum Gasteiger partial charge on any atom is 0.254 e. The van der Waals surface area contributed by atoms with Crippen LogP contribution in [0, 0.1) is 0 Å². The molecule has 2 aliphatic rings. The first-order chi connectivity index (χ1) is 16.0. The molecular formula is C26H25N3O4. The van der Waals surface area contributed by atoms with Crippen LogP contribution in [-0.4, -0.2) is 65.7 Å². The van der Waals surface area contributed by atoms with E-state index in [4.69, 9.17) is 4.74 Å². The summed E-state index contributed by atoms with van der Waals surface area (Å²) in [5, 5.41) is 0.818. The minimum Gasteiger partial charge on any atom is -0.378 e. The molecule has 0 radical (unpaired) electrons. The highest BCUT2D eigenvalue weighted by Crippen LogP contribution is 2.32. The molecule has 2 aromatic carbocycles. The Morgan fingerprint density at radius 1 is 0.970 bits per heavy atom. The number of amides is 2. The Balaban J connectivity index is 1.59. The Morgan fingerprint density at radius 3 is 2.55 bits per heavy atom. The van der Waals surface area contributed by atoms with Gasteiger partial charge in [0.25, 0.3) is 5.91 Å². The SMILES string of the molecule is CC(=O)N1CCc2ccc(-c3cc(C=O)nc4ccc(C(=O)N5CCOCC5)cc34)cc2C1. The minimum absolute atomic E-state index is 0.0341. The predicted octanol–water partition coefficient (Wildman–Crippen LogP) is 3.09. The van der Waals surface area contributed by atoms with Gasteiger partial charge in [0.05, 0.1) is 18.7 Å². The first-order valence-corrected chi connectivity index (χ1v) is 11.2. The van der Waals surface area contributed by atoms with E-state index in [1.165, 1.54) is 5.56 Å². The fraction of sp³-hybridized carbons (Fsp3) is 0.308. The number of carbonyl (C=O) groups is 3.